The molecule has 0 bridgehead atoms. The molecule has 1 aromatic rings. The fourth-order valence-electron chi connectivity index (χ4n) is 2.34. The van der Waals surface area contributed by atoms with Crippen molar-refractivity contribution in [3.05, 3.63) is 0 Å². The Morgan fingerprint density at radius 3 is 1.95 bits per heavy atom. The number of hydrogen-bond donors (Lipinski definition) is 2. The number of nitrogen functional groups attached to an aromatic ring is 1. The van der Waals surface area contributed by atoms with Gasteiger partial charge in [0.2, 0.25) is 17.8 Å². The van der Waals surface area contributed by atoms with Crippen LogP contribution in [0.15, 0.2) is 0 Å². The topological polar surface area (TPSA) is 80.0 Å². The fourth-order valence-corrected chi connectivity index (χ4v) is 2.34. The summed E-state index contributed by atoms with van der Waals surface area (Å²) in [6, 6.07) is 0. The van der Waals surface area contributed by atoms with E-state index in [0.29, 0.717) is 11.9 Å². The van der Waals surface area contributed by atoms with Crippen LogP contribution in [0.3, 0.4) is 0 Å². The van der Waals surface area contributed by atoms with Crippen LogP contribution >= 0.6 is 0 Å². The van der Waals surface area contributed by atoms with Gasteiger partial charge in [0.1, 0.15) is 0 Å². The molecule has 1 rings (SSSR count). The molecule has 0 unspecified atom stereocenters. The maximum atomic E-state index is 5.82. The summed E-state index contributed by atoms with van der Waals surface area (Å²) in [6.07, 6.45) is 3.06. The monoisotopic (exact) mass is 280 g/mol. The Morgan fingerprint density at radius 2 is 1.50 bits per heavy atom. The van der Waals surface area contributed by atoms with Crippen LogP contribution in [0.25, 0.3) is 0 Å². The number of aromatic nitrogens is 3. The van der Waals surface area contributed by atoms with E-state index in [-0.39, 0.29) is 11.5 Å². The van der Waals surface area contributed by atoms with Gasteiger partial charge >= 0.3 is 0 Å². The minimum atomic E-state index is 0.0221. The normalized spacial score (nSPS) is 11.4. The van der Waals surface area contributed by atoms with Crippen molar-refractivity contribution in [2.45, 2.75) is 59.4 Å². The van der Waals surface area contributed by atoms with E-state index in [4.69, 9.17) is 5.73 Å². The molecule has 0 radical (unpaired) electrons. The molecule has 114 valence electrons. The van der Waals surface area contributed by atoms with Gasteiger partial charge in [-0.15, -0.1) is 0 Å². The summed E-state index contributed by atoms with van der Waals surface area (Å²) in [7, 11) is 0. The highest BCUT2D eigenvalue weighted by atomic mass is 15.3. The summed E-state index contributed by atoms with van der Waals surface area (Å²) >= 11 is 0. The van der Waals surface area contributed by atoms with Crippen molar-refractivity contribution in [2.75, 3.05) is 29.0 Å². The van der Waals surface area contributed by atoms with Gasteiger partial charge < -0.3 is 16.0 Å². The minimum Gasteiger partial charge on any atom is -0.368 e. The Kier molecular flexibility index (Phi) is 5.98. The van der Waals surface area contributed by atoms with E-state index in [1.165, 1.54) is 0 Å². The fraction of sp³-hybridized carbons (Fsp3) is 0.786. The summed E-state index contributed by atoms with van der Waals surface area (Å²) in [4.78, 5) is 15.0. The standard InChI is InChI=1S/C14H28N6/c1-6-14(7-2,8-3)19-12-16-11(15)17-13(18-12)20(9-4)10-5/h6-10H2,1-5H3,(H3,15,16,17,18,19). The maximum Gasteiger partial charge on any atom is 0.231 e. The number of nitrogens with two attached hydrogens (primary N) is 1. The molecular formula is C14H28N6. The van der Waals surface area contributed by atoms with Crippen LogP contribution < -0.4 is 16.0 Å². The first-order valence-corrected chi connectivity index (χ1v) is 7.58. The van der Waals surface area contributed by atoms with Crippen molar-refractivity contribution >= 4 is 17.8 Å². The smallest absolute Gasteiger partial charge is 0.231 e. The number of anilines is 3. The lowest BCUT2D eigenvalue weighted by atomic mass is 9.90. The van der Waals surface area contributed by atoms with Crippen LogP contribution in [0, 0.1) is 0 Å². The molecule has 0 amide bonds. The molecule has 0 fully saturated rings. The largest absolute Gasteiger partial charge is 0.368 e. The highest BCUT2D eigenvalue weighted by Gasteiger charge is 2.25. The van der Waals surface area contributed by atoms with E-state index in [2.05, 4.69) is 59.8 Å². The predicted molar refractivity (Wildman–Crippen MR) is 85.0 cm³/mol. The molecule has 0 aliphatic rings. The number of rotatable bonds is 8. The third kappa shape index (κ3) is 3.71. The van der Waals surface area contributed by atoms with Crippen LogP contribution in [0.2, 0.25) is 0 Å². The molecule has 0 aliphatic heterocycles. The Hall–Kier alpha value is -1.59. The van der Waals surface area contributed by atoms with Crippen LogP contribution in [-0.4, -0.2) is 33.6 Å². The summed E-state index contributed by atoms with van der Waals surface area (Å²) in [5, 5.41) is 3.46. The highest BCUT2D eigenvalue weighted by molar-refractivity contribution is 5.43. The molecule has 20 heavy (non-hydrogen) atoms. The van der Waals surface area contributed by atoms with Gasteiger partial charge in [-0.05, 0) is 33.1 Å². The third-order valence-corrected chi connectivity index (χ3v) is 4.09. The minimum absolute atomic E-state index is 0.0221. The SMILES string of the molecule is CCN(CC)c1nc(N)nc(NC(CC)(CC)CC)n1. The second-order valence-corrected chi connectivity index (χ2v) is 4.96. The van der Waals surface area contributed by atoms with E-state index >= 15 is 0 Å². The molecule has 0 atom stereocenters. The molecule has 3 N–H and O–H groups in total. The van der Waals surface area contributed by atoms with Crippen molar-refractivity contribution in [1.29, 1.82) is 0 Å². The van der Waals surface area contributed by atoms with Crippen molar-refractivity contribution in [2.24, 2.45) is 0 Å². The van der Waals surface area contributed by atoms with Gasteiger partial charge in [0, 0.05) is 18.6 Å². The molecule has 6 heteroatoms. The zero-order valence-corrected chi connectivity index (χ0v) is 13.4. The number of hydrogen-bond acceptors (Lipinski definition) is 6. The van der Waals surface area contributed by atoms with Crippen molar-refractivity contribution in [1.82, 2.24) is 15.0 Å². The Morgan fingerprint density at radius 1 is 0.950 bits per heavy atom. The summed E-state index contributed by atoms with van der Waals surface area (Å²) in [6.45, 7) is 12.4. The second kappa shape index (κ2) is 7.26. The average Bonchev–Trinajstić information content (AvgIpc) is 2.46. The lowest BCUT2D eigenvalue weighted by molar-refractivity contribution is 0.417. The van der Waals surface area contributed by atoms with Gasteiger partial charge in [-0.25, -0.2) is 0 Å². The lowest BCUT2D eigenvalue weighted by Gasteiger charge is -2.32. The summed E-state index contributed by atoms with van der Waals surface area (Å²) < 4.78 is 0. The van der Waals surface area contributed by atoms with Crippen LogP contribution in [0.4, 0.5) is 17.8 Å². The molecule has 0 spiro atoms. The average molecular weight is 280 g/mol. The third-order valence-electron chi connectivity index (χ3n) is 4.09. The lowest BCUT2D eigenvalue weighted by Crippen LogP contribution is -2.37. The Bertz CT molecular complexity index is 404. The van der Waals surface area contributed by atoms with E-state index in [1.807, 2.05) is 0 Å². The summed E-state index contributed by atoms with van der Waals surface area (Å²) in [5.41, 5.74) is 5.84. The second-order valence-electron chi connectivity index (χ2n) is 4.96. The predicted octanol–water partition coefficient (Wildman–Crippen LogP) is 2.68. The van der Waals surface area contributed by atoms with Gasteiger partial charge in [0.15, 0.2) is 0 Å². The summed E-state index contributed by atoms with van der Waals surface area (Å²) in [5.74, 6) is 1.48. The molecule has 0 saturated carbocycles. The van der Waals surface area contributed by atoms with Crippen molar-refractivity contribution in [3.8, 4) is 0 Å². The van der Waals surface area contributed by atoms with Crippen LogP contribution in [0.5, 0.6) is 0 Å². The van der Waals surface area contributed by atoms with Gasteiger partial charge in [-0.1, -0.05) is 20.8 Å². The molecule has 0 aromatic carbocycles. The molecule has 0 saturated heterocycles. The van der Waals surface area contributed by atoms with Crippen molar-refractivity contribution in [3.63, 3.8) is 0 Å². The van der Waals surface area contributed by atoms with Gasteiger partial charge in [-0.3, -0.25) is 0 Å². The zero-order valence-electron chi connectivity index (χ0n) is 13.4. The quantitative estimate of drug-likeness (QED) is 0.762. The van der Waals surface area contributed by atoms with E-state index < -0.39 is 0 Å². The molecule has 0 aliphatic carbocycles. The molecule has 6 nitrogen and oxygen atoms in total. The zero-order chi connectivity index (χ0) is 15.2. The first-order chi connectivity index (χ1) is 9.53. The van der Waals surface area contributed by atoms with Gasteiger partial charge in [-0.2, -0.15) is 15.0 Å². The van der Waals surface area contributed by atoms with E-state index in [9.17, 15) is 0 Å². The molecule has 1 heterocycles. The molecule has 1 aromatic heterocycles. The maximum absolute atomic E-state index is 5.82. The van der Waals surface area contributed by atoms with E-state index in [0.717, 1.165) is 32.4 Å². The van der Waals surface area contributed by atoms with Crippen LogP contribution in [-0.2, 0) is 0 Å². The highest BCUT2D eigenvalue weighted by Crippen LogP contribution is 2.24. The van der Waals surface area contributed by atoms with Crippen LogP contribution in [0.1, 0.15) is 53.9 Å². The van der Waals surface area contributed by atoms with Gasteiger partial charge in [0.25, 0.3) is 0 Å². The Labute approximate surface area is 122 Å². The Balaban J connectivity index is 3.07. The van der Waals surface area contributed by atoms with Gasteiger partial charge in [0.05, 0.1) is 0 Å². The van der Waals surface area contributed by atoms with E-state index in [1.54, 1.807) is 0 Å². The molecular weight excluding hydrogens is 252 g/mol. The van der Waals surface area contributed by atoms with Crippen molar-refractivity contribution < 1.29 is 0 Å². The first-order valence-electron chi connectivity index (χ1n) is 7.58. The first kappa shape index (κ1) is 16.5. The number of nitrogens with one attached hydrogen (secondary N) is 1. The number of nitrogens with zero attached hydrogens (tertiary/aromatic N) is 4.